The molecule has 0 saturated heterocycles. The number of aromatic carboxylic acids is 1. The average Bonchev–Trinajstić information content (AvgIpc) is 3.56. The van der Waals surface area contributed by atoms with E-state index in [9.17, 15) is 19.5 Å². The normalized spacial score (nSPS) is 14.8. The minimum absolute atomic E-state index is 0.100. The van der Waals surface area contributed by atoms with Crippen molar-refractivity contribution < 1.29 is 33.3 Å². The summed E-state index contributed by atoms with van der Waals surface area (Å²) in [6.07, 6.45) is 1.57. The number of fused-ring (bicyclic) bond motifs is 1. The number of carbonyl (C=O) groups excluding carboxylic acids is 1. The van der Waals surface area contributed by atoms with Gasteiger partial charge < -0.3 is 23.7 Å². The lowest BCUT2D eigenvalue weighted by molar-refractivity contribution is -0.139. The Bertz CT molecular complexity index is 1880. The Labute approximate surface area is 238 Å². The lowest BCUT2D eigenvalue weighted by Gasteiger charge is -2.26. The molecule has 2 aromatic carbocycles. The van der Waals surface area contributed by atoms with E-state index in [2.05, 4.69) is 4.99 Å². The van der Waals surface area contributed by atoms with Crippen LogP contribution in [0.4, 0.5) is 0 Å². The molecule has 0 bridgehead atoms. The number of benzene rings is 2. The predicted molar refractivity (Wildman–Crippen MR) is 151 cm³/mol. The minimum atomic E-state index is -1.08. The van der Waals surface area contributed by atoms with Crippen LogP contribution in [-0.2, 0) is 9.53 Å². The van der Waals surface area contributed by atoms with Crippen LogP contribution in [0.25, 0.3) is 17.4 Å². The first-order valence-electron chi connectivity index (χ1n) is 12.6. The molecule has 210 valence electrons. The van der Waals surface area contributed by atoms with E-state index in [-0.39, 0.29) is 17.7 Å². The summed E-state index contributed by atoms with van der Waals surface area (Å²) in [5.74, 6) is 0.0173. The van der Waals surface area contributed by atoms with Crippen LogP contribution < -0.4 is 24.4 Å². The van der Waals surface area contributed by atoms with Gasteiger partial charge in [-0.15, -0.1) is 0 Å². The van der Waals surface area contributed by atoms with Crippen LogP contribution in [0, 0.1) is 0 Å². The van der Waals surface area contributed by atoms with Gasteiger partial charge in [0.05, 0.1) is 42.2 Å². The predicted octanol–water partition coefficient (Wildman–Crippen LogP) is 3.77. The maximum Gasteiger partial charge on any atom is 0.338 e. The summed E-state index contributed by atoms with van der Waals surface area (Å²) in [5, 5.41) is 9.54. The van der Waals surface area contributed by atoms with E-state index < -0.39 is 23.5 Å². The van der Waals surface area contributed by atoms with Crippen molar-refractivity contribution in [2.75, 3.05) is 20.8 Å². The van der Waals surface area contributed by atoms with Gasteiger partial charge in [-0.2, -0.15) is 0 Å². The standard InChI is InChI=1S/C30H26N2O8S/c1-5-39-29(36)25-16(2)31-30-32(26(25)21-12-10-17(37-3)14-23(21)38-4)27(33)24(41-30)15-18-11-13-22(40-18)19-8-6-7-9-20(19)28(34)35/h6-15,26H,5H2,1-4H3,(H,34,35)/b24-15-/t26-/m0/s1. The van der Waals surface area contributed by atoms with Crippen LogP contribution in [0.1, 0.15) is 41.6 Å². The number of allylic oxidation sites excluding steroid dienone is 1. The number of esters is 1. The maximum atomic E-state index is 13.9. The van der Waals surface area contributed by atoms with E-state index in [1.807, 2.05) is 0 Å². The number of carbonyl (C=O) groups is 2. The first-order valence-corrected chi connectivity index (χ1v) is 13.4. The number of aromatic nitrogens is 1. The molecule has 0 saturated carbocycles. The van der Waals surface area contributed by atoms with Crippen molar-refractivity contribution in [3.05, 3.63) is 102 Å². The number of carboxylic acids is 1. The Hall–Kier alpha value is -4.90. The second-order valence-electron chi connectivity index (χ2n) is 8.96. The van der Waals surface area contributed by atoms with Gasteiger partial charge in [-0.05, 0) is 44.2 Å². The second kappa shape index (κ2) is 11.3. The number of ether oxygens (including phenoxy) is 3. The Morgan fingerprint density at radius 1 is 1.12 bits per heavy atom. The SMILES string of the molecule is CCOC(=O)C1=C(C)N=c2s/c(=C\c3ccc(-c4ccccc4C(=O)O)o3)c(=O)n2[C@H]1c1ccc(OC)cc1OC. The second-order valence-corrected chi connectivity index (χ2v) is 9.97. The number of hydrogen-bond acceptors (Lipinski definition) is 9. The lowest BCUT2D eigenvalue weighted by Crippen LogP contribution is -2.40. The molecule has 0 spiro atoms. The molecule has 3 heterocycles. The van der Waals surface area contributed by atoms with E-state index in [0.29, 0.717) is 49.2 Å². The zero-order chi connectivity index (χ0) is 29.3. The van der Waals surface area contributed by atoms with Crippen molar-refractivity contribution in [1.82, 2.24) is 4.57 Å². The Kier molecular flexibility index (Phi) is 7.62. The average molecular weight is 575 g/mol. The molecular weight excluding hydrogens is 548 g/mol. The third-order valence-electron chi connectivity index (χ3n) is 6.58. The third kappa shape index (κ3) is 5.07. The van der Waals surface area contributed by atoms with Crippen molar-refractivity contribution in [3.8, 4) is 22.8 Å². The zero-order valence-corrected chi connectivity index (χ0v) is 23.5. The molecule has 0 unspecified atom stereocenters. The van der Waals surface area contributed by atoms with Crippen molar-refractivity contribution in [3.63, 3.8) is 0 Å². The fourth-order valence-corrected chi connectivity index (χ4v) is 5.75. The highest BCUT2D eigenvalue weighted by Gasteiger charge is 2.35. The molecule has 0 fully saturated rings. The van der Waals surface area contributed by atoms with Crippen LogP contribution in [0.15, 0.2) is 80.1 Å². The highest BCUT2D eigenvalue weighted by atomic mass is 32.1. The molecule has 4 aromatic rings. The minimum Gasteiger partial charge on any atom is -0.497 e. The summed E-state index contributed by atoms with van der Waals surface area (Å²) >= 11 is 1.14. The topological polar surface area (TPSA) is 130 Å². The molecule has 5 rings (SSSR count). The van der Waals surface area contributed by atoms with Gasteiger partial charge in [0.2, 0.25) is 0 Å². The Morgan fingerprint density at radius 2 is 1.90 bits per heavy atom. The van der Waals surface area contributed by atoms with E-state index in [1.54, 1.807) is 68.5 Å². The van der Waals surface area contributed by atoms with E-state index in [4.69, 9.17) is 18.6 Å². The van der Waals surface area contributed by atoms with Gasteiger partial charge in [-0.25, -0.2) is 14.6 Å². The van der Waals surface area contributed by atoms with E-state index in [1.165, 1.54) is 24.9 Å². The first kappa shape index (κ1) is 27.7. The Balaban J connectivity index is 1.67. The molecule has 1 aliphatic heterocycles. The van der Waals surface area contributed by atoms with Crippen LogP contribution in [0.2, 0.25) is 0 Å². The number of furan rings is 1. The number of hydrogen-bond donors (Lipinski definition) is 1. The molecule has 0 aliphatic carbocycles. The summed E-state index contributed by atoms with van der Waals surface area (Å²) < 4.78 is 24.0. The fourth-order valence-electron chi connectivity index (χ4n) is 4.72. The van der Waals surface area contributed by atoms with Crippen LogP contribution >= 0.6 is 11.3 Å². The summed E-state index contributed by atoms with van der Waals surface area (Å²) in [6.45, 7) is 3.56. The van der Waals surface area contributed by atoms with Gasteiger partial charge in [-0.1, -0.05) is 29.5 Å². The van der Waals surface area contributed by atoms with Crippen LogP contribution in [0.5, 0.6) is 11.5 Å². The molecule has 1 atom stereocenters. The third-order valence-corrected chi connectivity index (χ3v) is 7.56. The van der Waals surface area contributed by atoms with E-state index >= 15 is 0 Å². The Morgan fingerprint density at radius 3 is 2.61 bits per heavy atom. The van der Waals surface area contributed by atoms with Gasteiger partial charge in [0.25, 0.3) is 5.56 Å². The van der Waals surface area contributed by atoms with Gasteiger partial charge in [0.15, 0.2) is 4.80 Å². The van der Waals surface area contributed by atoms with Gasteiger partial charge in [0.1, 0.15) is 29.1 Å². The largest absolute Gasteiger partial charge is 0.497 e. The van der Waals surface area contributed by atoms with Crippen LogP contribution in [-0.4, -0.2) is 42.4 Å². The number of nitrogens with zero attached hydrogens (tertiary/aromatic N) is 2. The summed E-state index contributed by atoms with van der Waals surface area (Å²) in [5.41, 5.74) is 1.33. The van der Waals surface area contributed by atoms with Crippen molar-refractivity contribution in [2.45, 2.75) is 19.9 Å². The van der Waals surface area contributed by atoms with Crippen molar-refractivity contribution in [2.24, 2.45) is 4.99 Å². The van der Waals surface area contributed by atoms with Crippen molar-refractivity contribution >= 4 is 29.4 Å². The van der Waals surface area contributed by atoms with Crippen molar-refractivity contribution in [1.29, 1.82) is 0 Å². The number of rotatable bonds is 8. The van der Waals surface area contributed by atoms with Crippen LogP contribution in [0.3, 0.4) is 0 Å². The first-order chi connectivity index (χ1) is 19.8. The molecule has 0 radical (unpaired) electrons. The lowest BCUT2D eigenvalue weighted by atomic mass is 9.95. The number of methoxy groups -OCH3 is 2. The molecule has 2 aromatic heterocycles. The van der Waals surface area contributed by atoms with E-state index in [0.717, 1.165) is 11.3 Å². The highest BCUT2D eigenvalue weighted by Crippen LogP contribution is 2.37. The van der Waals surface area contributed by atoms with Gasteiger partial charge in [0, 0.05) is 23.3 Å². The molecule has 11 heteroatoms. The fraction of sp³-hybridized carbons (Fsp3) is 0.200. The monoisotopic (exact) mass is 574 g/mol. The number of carboxylic acid groups (broad SMARTS) is 1. The highest BCUT2D eigenvalue weighted by molar-refractivity contribution is 7.07. The maximum absolute atomic E-state index is 13.9. The summed E-state index contributed by atoms with van der Waals surface area (Å²) in [7, 11) is 3.03. The summed E-state index contributed by atoms with van der Waals surface area (Å²) in [4.78, 5) is 43.7. The molecule has 0 amide bonds. The number of thiazole rings is 1. The van der Waals surface area contributed by atoms with Gasteiger partial charge in [-0.3, -0.25) is 9.36 Å². The quantitative estimate of drug-likeness (QED) is 0.315. The van der Waals surface area contributed by atoms with Gasteiger partial charge >= 0.3 is 11.9 Å². The molecular formula is C30H26N2O8S. The summed E-state index contributed by atoms with van der Waals surface area (Å²) in [6, 6.07) is 14.1. The molecule has 1 aliphatic rings. The smallest absolute Gasteiger partial charge is 0.338 e. The molecule has 1 N–H and O–H groups in total. The molecule has 41 heavy (non-hydrogen) atoms. The zero-order valence-electron chi connectivity index (χ0n) is 22.7. The molecule has 10 nitrogen and oxygen atoms in total.